The van der Waals surface area contributed by atoms with Gasteiger partial charge in [-0.15, -0.1) is 0 Å². The minimum Gasteiger partial charge on any atom is -0.494 e. The molecule has 4 heteroatoms. The van der Waals surface area contributed by atoms with E-state index in [4.69, 9.17) is 4.74 Å². The third-order valence-corrected chi connectivity index (χ3v) is 2.76. The first-order chi connectivity index (χ1) is 9.10. The molecule has 2 rings (SSSR count). The number of carbonyl (C=O) groups is 1. The molecule has 1 amide bonds. The highest BCUT2D eigenvalue weighted by Crippen LogP contribution is 2.17. The fourth-order valence-corrected chi connectivity index (χ4v) is 1.74. The summed E-state index contributed by atoms with van der Waals surface area (Å²) in [6, 6.07) is 7.59. The maximum atomic E-state index is 11.7. The number of hydrogen-bond acceptors (Lipinski definition) is 3. The van der Waals surface area contributed by atoms with Crippen LogP contribution in [0.1, 0.15) is 26.3 Å². The molecule has 0 aromatic heterocycles. The Morgan fingerprint density at radius 2 is 2.00 bits per heavy atom. The van der Waals surface area contributed by atoms with E-state index in [0.29, 0.717) is 12.3 Å². The van der Waals surface area contributed by atoms with Crippen molar-refractivity contribution in [2.75, 3.05) is 6.61 Å². The Kier molecular flexibility index (Phi) is 4.00. The molecule has 1 N–H and O–H groups in total. The minimum atomic E-state index is -0.141. The van der Waals surface area contributed by atoms with Crippen LogP contribution in [0.25, 0.3) is 6.08 Å². The second-order valence-electron chi connectivity index (χ2n) is 4.64. The molecule has 0 unspecified atom stereocenters. The van der Waals surface area contributed by atoms with Gasteiger partial charge in [0.15, 0.2) is 0 Å². The van der Waals surface area contributed by atoms with Crippen LogP contribution < -0.4 is 10.1 Å². The van der Waals surface area contributed by atoms with Crippen molar-refractivity contribution in [2.24, 2.45) is 10.9 Å². The molecule has 0 radical (unpaired) electrons. The summed E-state index contributed by atoms with van der Waals surface area (Å²) in [5.74, 6) is 1.63. The van der Waals surface area contributed by atoms with Crippen molar-refractivity contribution < 1.29 is 9.53 Å². The van der Waals surface area contributed by atoms with Gasteiger partial charge >= 0.3 is 0 Å². The minimum absolute atomic E-state index is 0.141. The Hall–Kier alpha value is -2.10. The number of nitrogens with one attached hydrogen (secondary N) is 1. The first-order valence-corrected chi connectivity index (χ1v) is 6.44. The molecule has 4 nitrogen and oxygen atoms in total. The molecule has 1 aromatic carbocycles. The number of nitrogens with zero attached hydrogens (tertiary/aromatic N) is 1. The van der Waals surface area contributed by atoms with Gasteiger partial charge in [-0.2, -0.15) is 0 Å². The van der Waals surface area contributed by atoms with E-state index in [2.05, 4.69) is 10.3 Å². The van der Waals surface area contributed by atoms with Crippen LogP contribution in [0.5, 0.6) is 5.75 Å². The predicted molar refractivity (Wildman–Crippen MR) is 76.0 cm³/mol. The monoisotopic (exact) mass is 258 g/mol. The van der Waals surface area contributed by atoms with Crippen LogP contribution in [0, 0.1) is 5.92 Å². The first-order valence-electron chi connectivity index (χ1n) is 6.44. The molecule has 1 aliphatic heterocycles. The summed E-state index contributed by atoms with van der Waals surface area (Å²) in [6.45, 7) is 6.59. The Morgan fingerprint density at radius 3 is 2.53 bits per heavy atom. The highest BCUT2D eigenvalue weighted by atomic mass is 16.5. The molecule has 0 atom stereocenters. The van der Waals surface area contributed by atoms with Gasteiger partial charge in [0.1, 0.15) is 17.3 Å². The molecule has 19 heavy (non-hydrogen) atoms. The van der Waals surface area contributed by atoms with Crippen LogP contribution in [-0.2, 0) is 4.79 Å². The molecule has 1 heterocycles. The van der Waals surface area contributed by atoms with Crippen molar-refractivity contribution in [1.82, 2.24) is 5.32 Å². The van der Waals surface area contributed by atoms with E-state index in [-0.39, 0.29) is 11.8 Å². The van der Waals surface area contributed by atoms with Crippen molar-refractivity contribution in [3.05, 3.63) is 35.5 Å². The van der Waals surface area contributed by atoms with E-state index in [1.54, 1.807) is 6.08 Å². The zero-order valence-electron chi connectivity index (χ0n) is 11.4. The van der Waals surface area contributed by atoms with Crippen LogP contribution in [0.4, 0.5) is 0 Å². The molecule has 0 saturated heterocycles. The van der Waals surface area contributed by atoms with Crippen LogP contribution in [0.3, 0.4) is 0 Å². The van der Waals surface area contributed by atoms with Gasteiger partial charge in [-0.05, 0) is 30.7 Å². The topological polar surface area (TPSA) is 50.7 Å². The summed E-state index contributed by atoms with van der Waals surface area (Å²) in [5, 5.41) is 2.77. The molecular weight excluding hydrogens is 240 g/mol. The van der Waals surface area contributed by atoms with Crippen LogP contribution in [-0.4, -0.2) is 18.3 Å². The number of amides is 1. The number of benzene rings is 1. The van der Waals surface area contributed by atoms with Crippen LogP contribution in [0.2, 0.25) is 0 Å². The molecule has 0 fully saturated rings. The van der Waals surface area contributed by atoms with Crippen LogP contribution >= 0.6 is 0 Å². The van der Waals surface area contributed by atoms with E-state index >= 15 is 0 Å². The van der Waals surface area contributed by atoms with Gasteiger partial charge < -0.3 is 10.1 Å². The van der Waals surface area contributed by atoms with Crippen LogP contribution in [0.15, 0.2) is 35.0 Å². The molecule has 1 aromatic rings. The summed E-state index contributed by atoms with van der Waals surface area (Å²) in [4.78, 5) is 16.1. The zero-order valence-corrected chi connectivity index (χ0v) is 11.4. The second-order valence-corrected chi connectivity index (χ2v) is 4.64. The molecular formula is C15H18N2O2. The summed E-state index contributed by atoms with van der Waals surface area (Å²) in [7, 11) is 0. The lowest BCUT2D eigenvalue weighted by Crippen LogP contribution is -2.27. The Morgan fingerprint density at radius 1 is 1.32 bits per heavy atom. The average molecular weight is 258 g/mol. The number of rotatable bonds is 4. The first kappa shape index (κ1) is 13.3. The van der Waals surface area contributed by atoms with Gasteiger partial charge in [0, 0.05) is 5.92 Å². The van der Waals surface area contributed by atoms with E-state index in [1.807, 2.05) is 45.0 Å². The molecule has 0 aliphatic carbocycles. The standard InChI is InChI=1S/C15H18N2O2/c1-4-19-12-7-5-11(6-8-12)9-13-15(18)17-14(16-13)10(2)3/h5-10H,4H2,1-3H3,(H,16,17,18)/b13-9+. The summed E-state index contributed by atoms with van der Waals surface area (Å²) < 4.78 is 5.37. The summed E-state index contributed by atoms with van der Waals surface area (Å²) in [5.41, 5.74) is 1.38. The van der Waals surface area contributed by atoms with Crippen molar-refractivity contribution in [1.29, 1.82) is 0 Å². The Balaban J connectivity index is 2.19. The van der Waals surface area contributed by atoms with Gasteiger partial charge in [0.2, 0.25) is 0 Å². The van der Waals surface area contributed by atoms with Gasteiger partial charge in [-0.1, -0.05) is 26.0 Å². The highest BCUT2D eigenvalue weighted by molar-refractivity contribution is 6.14. The lowest BCUT2D eigenvalue weighted by atomic mass is 10.2. The summed E-state index contributed by atoms with van der Waals surface area (Å²) in [6.07, 6.45) is 1.78. The smallest absolute Gasteiger partial charge is 0.275 e. The van der Waals surface area contributed by atoms with E-state index < -0.39 is 0 Å². The maximum absolute atomic E-state index is 11.7. The number of hydrogen-bond donors (Lipinski definition) is 1. The average Bonchev–Trinajstić information content (AvgIpc) is 2.74. The van der Waals surface area contributed by atoms with E-state index in [9.17, 15) is 4.79 Å². The Bertz CT molecular complexity index is 528. The van der Waals surface area contributed by atoms with Gasteiger partial charge in [0.25, 0.3) is 5.91 Å². The number of ether oxygens (including phenoxy) is 1. The number of carbonyl (C=O) groups excluding carboxylic acids is 1. The van der Waals surface area contributed by atoms with Crippen molar-refractivity contribution in [2.45, 2.75) is 20.8 Å². The van der Waals surface area contributed by atoms with Crippen molar-refractivity contribution in [3.63, 3.8) is 0 Å². The molecule has 1 aliphatic rings. The third kappa shape index (κ3) is 3.22. The van der Waals surface area contributed by atoms with Gasteiger partial charge in [0.05, 0.1) is 6.61 Å². The van der Waals surface area contributed by atoms with E-state index in [0.717, 1.165) is 17.1 Å². The lowest BCUT2D eigenvalue weighted by molar-refractivity contribution is -0.115. The second kappa shape index (κ2) is 5.69. The largest absolute Gasteiger partial charge is 0.494 e. The molecule has 0 spiro atoms. The molecule has 0 bridgehead atoms. The third-order valence-electron chi connectivity index (χ3n) is 2.76. The maximum Gasteiger partial charge on any atom is 0.275 e. The number of amidine groups is 1. The van der Waals surface area contributed by atoms with Gasteiger partial charge in [-0.25, -0.2) is 4.99 Å². The molecule has 0 saturated carbocycles. The zero-order chi connectivity index (χ0) is 13.8. The van der Waals surface area contributed by atoms with Crippen molar-refractivity contribution >= 4 is 17.8 Å². The predicted octanol–water partition coefficient (Wildman–Crippen LogP) is 2.61. The van der Waals surface area contributed by atoms with Crippen molar-refractivity contribution in [3.8, 4) is 5.75 Å². The fourth-order valence-electron chi connectivity index (χ4n) is 1.74. The quantitative estimate of drug-likeness (QED) is 0.844. The SMILES string of the molecule is CCOc1ccc(/C=C2/N=C(C(C)C)NC2=O)cc1. The lowest BCUT2D eigenvalue weighted by Gasteiger charge is -2.02. The fraction of sp³-hybridized carbons (Fsp3) is 0.333. The van der Waals surface area contributed by atoms with Gasteiger partial charge in [-0.3, -0.25) is 4.79 Å². The highest BCUT2D eigenvalue weighted by Gasteiger charge is 2.21. The Labute approximate surface area is 113 Å². The normalized spacial score (nSPS) is 16.7. The molecule has 100 valence electrons. The number of aliphatic imine (C=N–C) groups is 1. The van der Waals surface area contributed by atoms with E-state index in [1.165, 1.54) is 0 Å². The summed E-state index contributed by atoms with van der Waals surface area (Å²) >= 11 is 0.